The number of aryl methyl sites for hydroxylation is 1. The number of carbonyl (C=O) groups excluding carboxylic acids is 1. The number of carbonyl (C=O) groups is 1. The number of hydrogen-bond donors (Lipinski definition) is 1. The summed E-state index contributed by atoms with van der Waals surface area (Å²) in [5, 5.41) is 3.25. The zero-order chi connectivity index (χ0) is 18.6. The topological polar surface area (TPSA) is 108 Å². The van der Waals surface area contributed by atoms with E-state index in [9.17, 15) is 9.59 Å². The van der Waals surface area contributed by atoms with E-state index < -0.39 is 0 Å². The zero-order valence-electron chi connectivity index (χ0n) is 14.2. The first-order valence-corrected chi connectivity index (χ1v) is 8.25. The highest BCUT2D eigenvalue weighted by molar-refractivity contribution is 5.90. The van der Waals surface area contributed by atoms with Gasteiger partial charge in [0.25, 0.3) is 5.56 Å². The Morgan fingerprint density at radius 2 is 1.89 bits per heavy atom. The van der Waals surface area contributed by atoms with Gasteiger partial charge in [-0.25, -0.2) is 19.9 Å². The first-order chi connectivity index (χ1) is 13.2. The molecule has 134 valence electrons. The molecule has 0 radical (unpaired) electrons. The fourth-order valence-electron chi connectivity index (χ4n) is 2.61. The van der Waals surface area contributed by atoms with Crippen molar-refractivity contribution >= 4 is 22.5 Å². The van der Waals surface area contributed by atoms with Crippen LogP contribution in [0.2, 0.25) is 0 Å². The van der Waals surface area contributed by atoms with E-state index in [4.69, 9.17) is 0 Å². The van der Waals surface area contributed by atoms with Crippen LogP contribution in [-0.2, 0) is 11.3 Å². The van der Waals surface area contributed by atoms with Crippen molar-refractivity contribution in [2.45, 2.75) is 13.0 Å². The van der Waals surface area contributed by atoms with Crippen LogP contribution < -0.4 is 10.9 Å². The second-order valence-corrected chi connectivity index (χ2v) is 5.80. The molecule has 3 heterocycles. The molecule has 27 heavy (non-hydrogen) atoms. The second kappa shape index (κ2) is 7.16. The summed E-state index contributed by atoms with van der Waals surface area (Å²) in [6.07, 6.45) is 9.56. The monoisotopic (exact) mass is 361 g/mol. The van der Waals surface area contributed by atoms with Gasteiger partial charge in [0.1, 0.15) is 6.33 Å². The average molecular weight is 361 g/mol. The van der Waals surface area contributed by atoms with E-state index in [1.807, 2.05) is 6.07 Å². The maximum absolute atomic E-state index is 12.4. The maximum Gasteiger partial charge on any atom is 0.261 e. The molecule has 0 saturated heterocycles. The van der Waals surface area contributed by atoms with Gasteiger partial charge in [0, 0.05) is 25.4 Å². The predicted molar refractivity (Wildman–Crippen MR) is 98.4 cm³/mol. The molecule has 3 aromatic heterocycles. The third-order valence-electron chi connectivity index (χ3n) is 3.97. The summed E-state index contributed by atoms with van der Waals surface area (Å²) in [4.78, 5) is 41.1. The Balaban J connectivity index is 1.40. The third-order valence-corrected chi connectivity index (χ3v) is 3.97. The van der Waals surface area contributed by atoms with Crippen LogP contribution in [0.25, 0.3) is 16.9 Å². The number of anilines is 1. The standard InChI is InChI=1S/C18H15N7O2/c26-16(23-13-9-20-18(21-10-13)25-8-6-19-11-25)5-7-24-12-22-15-4-2-1-3-14(15)17(24)27/h1-4,6,8-12H,5,7H2,(H,23,26). The van der Waals surface area contributed by atoms with Crippen LogP contribution >= 0.6 is 0 Å². The molecular formula is C18H15N7O2. The molecule has 0 saturated carbocycles. The SMILES string of the molecule is O=C(CCn1cnc2ccccc2c1=O)Nc1cnc(-n2ccnc2)nc1. The molecule has 4 rings (SSSR count). The summed E-state index contributed by atoms with van der Waals surface area (Å²) >= 11 is 0. The molecule has 0 bridgehead atoms. The van der Waals surface area contributed by atoms with Crippen LogP contribution in [0.15, 0.2) is 66.5 Å². The number of amides is 1. The maximum atomic E-state index is 12.4. The fourth-order valence-corrected chi connectivity index (χ4v) is 2.61. The Kier molecular flexibility index (Phi) is 4.40. The summed E-state index contributed by atoms with van der Waals surface area (Å²) < 4.78 is 3.09. The number of hydrogen-bond acceptors (Lipinski definition) is 6. The highest BCUT2D eigenvalue weighted by Crippen LogP contribution is 2.07. The summed E-state index contributed by atoms with van der Waals surface area (Å²) in [7, 11) is 0. The van der Waals surface area contributed by atoms with Gasteiger partial charge in [-0.1, -0.05) is 12.1 Å². The van der Waals surface area contributed by atoms with Crippen LogP contribution in [-0.4, -0.2) is 35.0 Å². The van der Waals surface area contributed by atoms with Crippen molar-refractivity contribution < 1.29 is 4.79 Å². The highest BCUT2D eigenvalue weighted by Gasteiger charge is 2.08. The molecular weight excluding hydrogens is 346 g/mol. The van der Waals surface area contributed by atoms with E-state index in [-0.39, 0.29) is 24.4 Å². The molecule has 0 aliphatic rings. The molecule has 0 unspecified atom stereocenters. The van der Waals surface area contributed by atoms with Crippen LogP contribution in [0.3, 0.4) is 0 Å². The molecule has 0 aliphatic carbocycles. The van der Waals surface area contributed by atoms with Crippen molar-refractivity contribution in [3.8, 4) is 5.95 Å². The largest absolute Gasteiger partial charge is 0.323 e. The number of rotatable bonds is 5. The van der Waals surface area contributed by atoms with Crippen LogP contribution in [0.4, 0.5) is 5.69 Å². The van der Waals surface area contributed by atoms with Gasteiger partial charge in [0.2, 0.25) is 11.9 Å². The van der Waals surface area contributed by atoms with E-state index >= 15 is 0 Å². The molecule has 0 spiro atoms. The summed E-state index contributed by atoms with van der Waals surface area (Å²) in [5.74, 6) is 0.216. The Hall–Kier alpha value is -3.88. The number of nitrogens with one attached hydrogen (secondary N) is 1. The minimum Gasteiger partial charge on any atom is -0.323 e. The van der Waals surface area contributed by atoms with Crippen LogP contribution in [0.5, 0.6) is 0 Å². The molecule has 9 nitrogen and oxygen atoms in total. The van der Waals surface area contributed by atoms with Gasteiger partial charge in [-0.2, -0.15) is 0 Å². The van der Waals surface area contributed by atoms with Gasteiger partial charge < -0.3 is 5.32 Å². The highest BCUT2D eigenvalue weighted by atomic mass is 16.2. The Morgan fingerprint density at radius 3 is 2.67 bits per heavy atom. The van der Waals surface area contributed by atoms with Crippen molar-refractivity contribution in [3.63, 3.8) is 0 Å². The number of para-hydroxylation sites is 1. The average Bonchev–Trinajstić information content (AvgIpc) is 3.23. The molecule has 4 aromatic rings. The number of fused-ring (bicyclic) bond motifs is 1. The normalized spacial score (nSPS) is 10.8. The van der Waals surface area contributed by atoms with E-state index in [1.54, 1.807) is 41.5 Å². The van der Waals surface area contributed by atoms with E-state index in [0.29, 0.717) is 22.5 Å². The van der Waals surface area contributed by atoms with Crippen molar-refractivity contribution in [1.29, 1.82) is 0 Å². The fraction of sp³-hybridized carbons (Fsp3) is 0.111. The zero-order valence-corrected chi connectivity index (χ0v) is 14.2. The van der Waals surface area contributed by atoms with Crippen LogP contribution in [0.1, 0.15) is 6.42 Å². The molecule has 0 atom stereocenters. The molecule has 1 amide bonds. The lowest BCUT2D eigenvalue weighted by atomic mass is 10.2. The minimum atomic E-state index is -0.242. The quantitative estimate of drug-likeness (QED) is 0.576. The van der Waals surface area contributed by atoms with Crippen molar-refractivity contribution in [1.82, 2.24) is 29.1 Å². The first-order valence-electron chi connectivity index (χ1n) is 8.25. The van der Waals surface area contributed by atoms with Gasteiger partial charge in [0.15, 0.2) is 0 Å². The lowest BCUT2D eigenvalue weighted by Crippen LogP contribution is -2.23. The number of benzene rings is 1. The number of aromatic nitrogens is 6. The van der Waals surface area contributed by atoms with Gasteiger partial charge in [-0.05, 0) is 12.1 Å². The lowest BCUT2D eigenvalue weighted by molar-refractivity contribution is -0.116. The Morgan fingerprint density at radius 1 is 1.07 bits per heavy atom. The van der Waals surface area contributed by atoms with Crippen molar-refractivity contribution in [2.24, 2.45) is 0 Å². The number of nitrogens with zero attached hydrogens (tertiary/aromatic N) is 6. The third kappa shape index (κ3) is 3.56. The number of imidazole rings is 1. The van der Waals surface area contributed by atoms with E-state index in [0.717, 1.165) is 0 Å². The smallest absolute Gasteiger partial charge is 0.261 e. The van der Waals surface area contributed by atoms with Gasteiger partial charge in [-0.3, -0.25) is 18.7 Å². The van der Waals surface area contributed by atoms with Crippen molar-refractivity contribution in [2.75, 3.05) is 5.32 Å². The summed E-state index contributed by atoms with van der Waals surface area (Å²) in [5.41, 5.74) is 0.951. The molecule has 1 N–H and O–H groups in total. The lowest BCUT2D eigenvalue weighted by Gasteiger charge is -2.08. The Labute approximate surface area is 153 Å². The molecule has 0 aliphatic heterocycles. The molecule has 1 aromatic carbocycles. The Bertz CT molecular complexity index is 1130. The van der Waals surface area contributed by atoms with E-state index in [1.165, 1.54) is 23.3 Å². The second-order valence-electron chi connectivity index (χ2n) is 5.80. The summed E-state index contributed by atoms with van der Waals surface area (Å²) in [6, 6.07) is 7.12. The summed E-state index contributed by atoms with van der Waals surface area (Å²) in [6.45, 7) is 0.233. The van der Waals surface area contributed by atoms with Gasteiger partial charge >= 0.3 is 0 Å². The van der Waals surface area contributed by atoms with Gasteiger partial charge in [-0.15, -0.1) is 0 Å². The van der Waals surface area contributed by atoms with E-state index in [2.05, 4.69) is 25.3 Å². The van der Waals surface area contributed by atoms with Gasteiger partial charge in [0.05, 0.1) is 35.3 Å². The predicted octanol–water partition coefficient (Wildman–Crippen LogP) is 1.40. The minimum absolute atomic E-state index is 0.128. The molecule has 0 fully saturated rings. The van der Waals surface area contributed by atoms with Crippen LogP contribution in [0, 0.1) is 0 Å². The van der Waals surface area contributed by atoms with Crippen molar-refractivity contribution in [3.05, 3.63) is 72.1 Å². The molecule has 9 heteroatoms. The first kappa shape index (κ1) is 16.6.